The lowest BCUT2D eigenvalue weighted by Crippen LogP contribution is -2.49. The summed E-state index contributed by atoms with van der Waals surface area (Å²) in [5, 5.41) is 2.67. The molecule has 0 atom stereocenters. The number of anilines is 1. The van der Waals surface area contributed by atoms with Crippen molar-refractivity contribution in [2.75, 3.05) is 44.7 Å². The van der Waals surface area contributed by atoms with E-state index in [0.717, 1.165) is 11.4 Å². The average Bonchev–Trinajstić information content (AvgIpc) is 2.77. The fraction of sp³-hybridized carbons (Fsp3) is 0.286. The van der Waals surface area contributed by atoms with Crippen LogP contribution in [0.15, 0.2) is 55.1 Å². The Bertz CT molecular complexity index is 860. The summed E-state index contributed by atoms with van der Waals surface area (Å²) in [5.41, 5.74) is 1.52. The van der Waals surface area contributed by atoms with Crippen LogP contribution in [0.3, 0.4) is 0 Å². The molecule has 0 bridgehead atoms. The van der Waals surface area contributed by atoms with Gasteiger partial charge in [-0.1, -0.05) is 24.3 Å². The molecule has 1 saturated heterocycles. The lowest BCUT2D eigenvalue weighted by atomic mass is 10.2. The minimum absolute atomic E-state index is 0.168. The lowest BCUT2D eigenvalue weighted by molar-refractivity contribution is 0.0740. The summed E-state index contributed by atoms with van der Waals surface area (Å²) in [5.74, 6) is 0.329. The zero-order chi connectivity index (χ0) is 19.9. The third-order valence-electron chi connectivity index (χ3n) is 4.60. The Morgan fingerprint density at radius 2 is 1.82 bits per heavy atom. The maximum absolute atomic E-state index is 12.8. The van der Waals surface area contributed by atoms with Crippen molar-refractivity contribution in [3.05, 3.63) is 66.5 Å². The number of carbonyl (C=O) groups excluding carboxylic acids is 2. The molecule has 0 aliphatic carbocycles. The summed E-state index contributed by atoms with van der Waals surface area (Å²) in [6.45, 7) is 6.46. The number of benzene rings is 1. The van der Waals surface area contributed by atoms with Crippen LogP contribution < -0.4 is 15.0 Å². The van der Waals surface area contributed by atoms with E-state index in [1.807, 2.05) is 24.3 Å². The highest BCUT2D eigenvalue weighted by atomic mass is 16.5. The highest BCUT2D eigenvalue weighted by Gasteiger charge is 2.24. The van der Waals surface area contributed by atoms with Crippen molar-refractivity contribution in [1.82, 2.24) is 15.2 Å². The van der Waals surface area contributed by atoms with Gasteiger partial charge in [0.25, 0.3) is 11.8 Å². The molecule has 7 heteroatoms. The lowest BCUT2D eigenvalue weighted by Gasteiger charge is -2.36. The third-order valence-corrected chi connectivity index (χ3v) is 4.60. The first-order chi connectivity index (χ1) is 13.6. The zero-order valence-corrected chi connectivity index (χ0v) is 15.9. The van der Waals surface area contributed by atoms with Crippen LogP contribution >= 0.6 is 0 Å². The molecule has 1 aliphatic heterocycles. The molecule has 0 radical (unpaired) electrons. The number of hydrogen-bond donors (Lipinski definition) is 1. The monoisotopic (exact) mass is 380 g/mol. The standard InChI is InChI=1S/C21H24N4O3/c1-3-11-22-20(26)16-7-6-8-17(23-16)21(27)25-14-12-24(13-15-25)18-9-4-5-10-19(18)28-2/h3-10H,1,11-15H2,2H3,(H,22,26). The average molecular weight is 380 g/mol. The van der Waals surface area contributed by atoms with E-state index in [1.54, 1.807) is 36.3 Å². The number of pyridine rings is 1. The van der Waals surface area contributed by atoms with Crippen molar-refractivity contribution in [2.24, 2.45) is 0 Å². The van der Waals surface area contributed by atoms with Crippen LogP contribution in [0.1, 0.15) is 21.0 Å². The molecule has 1 aromatic heterocycles. The van der Waals surface area contributed by atoms with Gasteiger partial charge in [-0.2, -0.15) is 0 Å². The SMILES string of the molecule is C=CCNC(=O)c1cccc(C(=O)N2CCN(c3ccccc3OC)CC2)n1. The second-order valence-corrected chi connectivity index (χ2v) is 6.36. The fourth-order valence-corrected chi connectivity index (χ4v) is 3.14. The normalized spacial score (nSPS) is 13.8. The summed E-state index contributed by atoms with van der Waals surface area (Å²) in [4.78, 5) is 33.1. The summed E-state index contributed by atoms with van der Waals surface area (Å²) in [6.07, 6.45) is 1.59. The Morgan fingerprint density at radius 1 is 1.11 bits per heavy atom. The molecule has 3 rings (SSSR count). The first-order valence-corrected chi connectivity index (χ1v) is 9.17. The van der Waals surface area contributed by atoms with Gasteiger partial charge in [-0.25, -0.2) is 4.98 Å². The van der Waals surface area contributed by atoms with Crippen molar-refractivity contribution < 1.29 is 14.3 Å². The Balaban J connectivity index is 1.65. The Kier molecular flexibility index (Phi) is 6.26. The number of carbonyl (C=O) groups is 2. The molecule has 2 heterocycles. The van der Waals surface area contributed by atoms with Gasteiger partial charge in [0.05, 0.1) is 12.8 Å². The molecule has 1 fully saturated rings. The molecule has 28 heavy (non-hydrogen) atoms. The van der Waals surface area contributed by atoms with Crippen LogP contribution in [0, 0.1) is 0 Å². The first kappa shape index (κ1) is 19.4. The maximum atomic E-state index is 12.8. The molecule has 1 aromatic carbocycles. The Morgan fingerprint density at radius 3 is 2.54 bits per heavy atom. The summed E-state index contributed by atoms with van der Waals surface area (Å²) in [7, 11) is 1.66. The van der Waals surface area contributed by atoms with Gasteiger partial charge in [0.2, 0.25) is 0 Å². The number of para-hydroxylation sites is 2. The topological polar surface area (TPSA) is 74.8 Å². The number of methoxy groups -OCH3 is 1. The predicted molar refractivity (Wildman–Crippen MR) is 108 cm³/mol. The van der Waals surface area contributed by atoms with Gasteiger partial charge < -0.3 is 19.9 Å². The molecule has 0 spiro atoms. The van der Waals surface area contributed by atoms with Gasteiger partial charge in [0.1, 0.15) is 17.1 Å². The van der Waals surface area contributed by atoms with Gasteiger partial charge in [-0.05, 0) is 24.3 Å². The smallest absolute Gasteiger partial charge is 0.272 e. The minimum atomic E-state index is -0.324. The van der Waals surface area contributed by atoms with E-state index in [4.69, 9.17) is 4.74 Å². The highest BCUT2D eigenvalue weighted by Crippen LogP contribution is 2.28. The molecular weight excluding hydrogens is 356 g/mol. The van der Waals surface area contributed by atoms with E-state index >= 15 is 0 Å². The molecule has 2 aromatic rings. The van der Waals surface area contributed by atoms with Crippen molar-refractivity contribution in [2.45, 2.75) is 0 Å². The zero-order valence-electron chi connectivity index (χ0n) is 15.9. The first-order valence-electron chi connectivity index (χ1n) is 9.17. The highest BCUT2D eigenvalue weighted by molar-refractivity contribution is 5.96. The quantitative estimate of drug-likeness (QED) is 0.776. The van der Waals surface area contributed by atoms with E-state index in [9.17, 15) is 9.59 Å². The molecular formula is C21H24N4O3. The van der Waals surface area contributed by atoms with Gasteiger partial charge in [0.15, 0.2) is 0 Å². The van der Waals surface area contributed by atoms with E-state index in [2.05, 4.69) is 21.8 Å². The molecule has 146 valence electrons. The van der Waals surface area contributed by atoms with E-state index in [1.165, 1.54) is 0 Å². The minimum Gasteiger partial charge on any atom is -0.495 e. The number of nitrogens with zero attached hydrogens (tertiary/aromatic N) is 3. The van der Waals surface area contributed by atoms with E-state index < -0.39 is 0 Å². The van der Waals surface area contributed by atoms with Gasteiger partial charge in [0, 0.05) is 32.7 Å². The van der Waals surface area contributed by atoms with Crippen LogP contribution in [0.4, 0.5) is 5.69 Å². The van der Waals surface area contributed by atoms with Crippen LogP contribution in [-0.4, -0.2) is 61.5 Å². The van der Waals surface area contributed by atoms with Gasteiger partial charge in [-0.3, -0.25) is 9.59 Å². The molecule has 0 saturated carbocycles. The fourth-order valence-electron chi connectivity index (χ4n) is 3.14. The number of piperazine rings is 1. The molecule has 1 N–H and O–H groups in total. The summed E-state index contributed by atoms with van der Waals surface area (Å²) >= 11 is 0. The number of rotatable bonds is 6. The van der Waals surface area contributed by atoms with E-state index in [-0.39, 0.29) is 23.2 Å². The molecule has 7 nitrogen and oxygen atoms in total. The third kappa shape index (κ3) is 4.31. The maximum Gasteiger partial charge on any atom is 0.272 e. The number of aromatic nitrogens is 1. The van der Waals surface area contributed by atoms with Crippen LogP contribution in [0.25, 0.3) is 0 Å². The van der Waals surface area contributed by atoms with Crippen LogP contribution in [0.2, 0.25) is 0 Å². The molecule has 1 aliphatic rings. The molecule has 0 unspecified atom stereocenters. The van der Waals surface area contributed by atoms with Gasteiger partial charge >= 0.3 is 0 Å². The van der Waals surface area contributed by atoms with Crippen molar-refractivity contribution in [3.8, 4) is 5.75 Å². The second kappa shape index (κ2) is 9.03. The van der Waals surface area contributed by atoms with Crippen molar-refractivity contribution in [3.63, 3.8) is 0 Å². The predicted octanol–water partition coefficient (Wildman–Crippen LogP) is 1.97. The van der Waals surface area contributed by atoms with Crippen LogP contribution in [-0.2, 0) is 0 Å². The van der Waals surface area contributed by atoms with Crippen molar-refractivity contribution in [1.29, 1.82) is 0 Å². The summed E-state index contributed by atoms with van der Waals surface area (Å²) in [6, 6.07) is 12.8. The number of nitrogens with one attached hydrogen (secondary N) is 1. The van der Waals surface area contributed by atoms with E-state index in [0.29, 0.717) is 32.7 Å². The largest absolute Gasteiger partial charge is 0.495 e. The Hall–Kier alpha value is -3.35. The van der Waals surface area contributed by atoms with Gasteiger partial charge in [-0.15, -0.1) is 6.58 Å². The number of hydrogen-bond acceptors (Lipinski definition) is 5. The summed E-state index contributed by atoms with van der Waals surface area (Å²) < 4.78 is 5.43. The molecule has 2 amide bonds. The second-order valence-electron chi connectivity index (χ2n) is 6.36. The number of amides is 2. The number of ether oxygens (including phenoxy) is 1. The van der Waals surface area contributed by atoms with Crippen molar-refractivity contribution >= 4 is 17.5 Å². The van der Waals surface area contributed by atoms with Crippen LogP contribution in [0.5, 0.6) is 5.75 Å². The Labute approximate surface area is 164 Å².